The second kappa shape index (κ2) is 8.05. The number of para-hydroxylation sites is 2. The maximum Gasteiger partial charge on any atom is 0.248 e. The van der Waals surface area contributed by atoms with Gasteiger partial charge >= 0.3 is 0 Å². The normalized spacial score (nSPS) is 10.7. The van der Waals surface area contributed by atoms with Gasteiger partial charge in [0, 0.05) is 4.90 Å². The molecule has 0 unspecified atom stereocenters. The Morgan fingerprint density at radius 3 is 2.58 bits per heavy atom. The molecular weight excluding hydrogens is 348 g/mol. The van der Waals surface area contributed by atoms with Gasteiger partial charge in [-0.15, -0.1) is 11.8 Å². The fourth-order valence-corrected chi connectivity index (χ4v) is 3.21. The van der Waals surface area contributed by atoms with Crippen LogP contribution in [0.5, 0.6) is 0 Å². The third kappa shape index (κ3) is 4.64. The average molecular weight is 368 g/mol. The number of carbonyl (C=O) groups excluding carboxylic acids is 2. The molecule has 0 aliphatic carbocycles. The molecule has 7 heteroatoms. The highest BCUT2D eigenvalue weighted by molar-refractivity contribution is 8.00. The number of rotatable bonds is 5. The Kier molecular flexibility index (Phi) is 5.58. The molecule has 0 bridgehead atoms. The molecule has 0 atom stereocenters. The summed E-state index contributed by atoms with van der Waals surface area (Å²) < 4.78 is 0. The predicted molar refractivity (Wildman–Crippen MR) is 103 cm³/mol. The number of aromatic amines is 1. The van der Waals surface area contributed by atoms with E-state index < -0.39 is 0 Å². The monoisotopic (exact) mass is 368 g/mol. The van der Waals surface area contributed by atoms with Gasteiger partial charge in [0.25, 0.3) is 0 Å². The van der Waals surface area contributed by atoms with Crippen molar-refractivity contribution in [3.05, 3.63) is 59.4 Å². The van der Waals surface area contributed by atoms with Gasteiger partial charge in [0.05, 0.1) is 23.2 Å². The number of aromatic nitrogens is 2. The van der Waals surface area contributed by atoms with Crippen molar-refractivity contribution < 1.29 is 9.59 Å². The summed E-state index contributed by atoms with van der Waals surface area (Å²) in [5, 5.41) is 0. The highest BCUT2D eigenvalue weighted by Crippen LogP contribution is 2.20. The van der Waals surface area contributed by atoms with Gasteiger partial charge < -0.3 is 4.98 Å². The van der Waals surface area contributed by atoms with E-state index in [2.05, 4.69) is 20.8 Å². The quantitative estimate of drug-likeness (QED) is 0.477. The Bertz CT molecular complexity index is 919. The number of amides is 2. The van der Waals surface area contributed by atoms with E-state index >= 15 is 0 Å². The van der Waals surface area contributed by atoms with Crippen molar-refractivity contribution >= 4 is 34.6 Å². The topological polar surface area (TPSA) is 86.9 Å². The zero-order chi connectivity index (χ0) is 18.5. The first-order valence-corrected chi connectivity index (χ1v) is 9.21. The number of hydrogen-bond acceptors (Lipinski definition) is 4. The third-order valence-corrected chi connectivity index (χ3v) is 4.95. The molecule has 3 rings (SSSR count). The number of fused-ring (bicyclic) bond motifs is 1. The average Bonchev–Trinajstić information content (AvgIpc) is 3.03. The maximum absolute atomic E-state index is 12.0. The molecule has 0 saturated heterocycles. The number of aryl methyl sites for hydroxylation is 2. The minimum Gasteiger partial charge on any atom is -0.342 e. The van der Waals surface area contributed by atoms with Gasteiger partial charge in [0.15, 0.2) is 0 Å². The second-order valence-corrected chi connectivity index (χ2v) is 7.06. The van der Waals surface area contributed by atoms with E-state index in [1.165, 1.54) is 22.9 Å². The number of nitrogens with one attached hydrogen (secondary N) is 3. The van der Waals surface area contributed by atoms with E-state index in [0.29, 0.717) is 5.82 Å². The summed E-state index contributed by atoms with van der Waals surface area (Å²) in [7, 11) is 0. The van der Waals surface area contributed by atoms with Crippen LogP contribution in [-0.4, -0.2) is 27.5 Å². The van der Waals surface area contributed by atoms with Gasteiger partial charge in [-0.05, 0) is 49.2 Å². The molecule has 2 aromatic carbocycles. The van der Waals surface area contributed by atoms with Crippen LogP contribution in [0.1, 0.15) is 17.0 Å². The molecule has 0 aliphatic heterocycles. The van der Waals surface area contributed by atoms with E-state index in [1.54, 1.807) is 0 Å². The Labute approximate surface area is 155 Å². The van der Waals surface area contributed by atoms with Crippen molar-refractivity contribution in [2.75, 3.05) is 5.75 Å². The minimum atomic E-state index is -0.325. The molecule has 0 spiro atoms. The molecule has 26 heavy (non-hydrogen) atoms. The van der Waals surface area contributed by atoms with Gasteiger partial charge in [-0.1, -0.05) is 18.2 Å². The molecule has 3 aromatic rings. The van der Waals surface area contributed by atoms with E-state index in [0.717, 1.165) is 15.9 Å². The molecule has 0 radical (unpaired) electrons. The molecular formula is C19H20N4O2S. The third-order valence-electron chi connectivity index (χ3n) is 3.96. The molecule has 3 N–H and O–H groups in total. The Balaban J connectivity index is 1.44. The van der Waals surface area contributed by atoms with Crippen LogP contribution in [0, 0.1) is 13.8 Å². The zero-order valence-corrected chi connectivity index (χ0v) is 15.4. The number of thioether (sulfide) groups is 1. The minimum absolute atomic E-state index is 0.0687. The van der Waals surface area contributed by atoms with Crippen LogP contribution in [0.15, 0.2) is 47.4 Å². The smallest absolute Gasteiger partial charge is 0.248 e. The number of nitrogens with zero attached hydrogens (tertiary/aromatic N) is 1. The summed E-state index contributed by atoms with van der Waals surface area (Å²) in [5.74, 6) is 0.204. The summed E-state index contributed by atoms with van der Waals surface area (Å²) in [6.45, 7) is 4.09. The van der Waals surface area contributed by atoms with E-state index in [1.807, 2.05) is 56.3 Å². The second-order valence-electron chi connectivity index (χ2n) is 6.01. The van der Waals surface area contributed by atoms with Crippen molar-refractivity contribution in [1.82, 2.24) is 20.8 Å². The van der Waals surface area contributed by atoms with Crippen LogP contribution in [-0.2, 0) is 16.0 Å². The van der Waals surface area contributed by atoms with Crippen molar-refractivity contribution in [2.45, 2.75) is 25.2 Å². The highest BCUT2D eigenvalue weighted by Gasteiger charge is 2.10. The van der Waals surface area contributed by atoms with Gasteiger partial charge in [-0.2, -0.15) is 0 Å². The molecule has 0 fully saturated rings. The van der Waals surface area contributed by atoms with Gasteiger partial charge in [0.2, 0.25) is 11.8 Å². The van der Waals surface area contributed by atoms with Crippen molar-refractivity contribution in [1.29, 1.82) is 0 Å². The van der Waals surface area contributed by atoms with Crippen LogP contribution < -0.4 is 10.9 Å². The fourth-order valence-electron chi connectivity index (χ4n) is 2.41. The lowest BCUT2D eigenvalue weighted by molar-refractivity contribution is -0.127. The SMILES string of the molecule is Cc1ccc(SCC(=O)NNC(=O)Cc2nc3ccccc3[nH]2)cc1C. The lowest BCUT2D eigenvalue weighted by Gasteiger charge is -2.07. The molecule has 2 amide bonds. The van der Waals surface area contributed by atoms with E-state index in [4.69, 9.17) is 0 Å². The highest BCUT2D eigenvalue weighted by atomic mass is 32.2. The summed E-state index contributed by atoms with van der Waals surface area (Å²) in [4.78, 5) is 32.3. The summed E-state index contributed by atoms with van der Waals surface area (Å²) >= 11 is 1.43. The summed E-state index contributed by atoms with van der Waals surface area (Å²) in [5.41, 5.74) is 8.95. The number of hydrazine groups is 1. The van der Waals surface area contributed by atoms with Crippen molar-refractivity contribution in [3.63, 3.8) is 0 Å². The summed E-state index contributed by atoms with van der Waals surface area (Å²) in [6.07, 6.45) is 0.0687. The molecule has 0 aliphatic rings. The van der Waals surface area contributed by atoms with Crippen LogP contribution in [0.25, 0.3) is 11.0 Å². The van der Waals surface area contributed by atoms with Crippen LogP contribution in [0.3, 0.4) is 0 Å². The molecule has 0 saturated carbocycles. The first-order chi connectivity index (χ1) is 12.5. The molecule has 6 nitrogen and oxygen atoms in total. The van der Waals surface area contributed by atoms with Crippen molar-refractivity contribution in [3.8, 4) is 0 Å². The van der Waals surface area contributed by atoms with E-state index in [9.17, 15) is 9.59 Å². The molecule has 1 heterocycles. The number of hydrogen-bond donors (Lipinski definition) is 3. The number of imidazole rings is 1. The first-order valence-electron chi connectivity index (χ1n) is 8.22. The van der Waals surface area contributed by atoms with Crippen LogP contribution >= 0.6 is 11.8 Å². The van der Waals surface area contributed by atoms with E-state index in [-0.39, 0.29) is 24.0 Å². The molecule has 134 valence electrons. The maximum atomic E-state index is 12.0. The van der Waals surface area contributed by atoms with Gasteiger partial charge in [-0.3, -0.25) is 20.4 Å². The number of carbonyl (C=O) groups is 2. The van der Waals surface area contributed by atoms with Crippen LogP contribution in [0.2, 0.25) is 0 Å². The largest absolute Gasteiger partial charge is 0.342 e. The Morgan fingerprint density at radius 1 is 1.04 bits per heavy atom. The van der Waals surface area contributed by atoms with Gasteiger partial charge in [-0.25, -0.2) is 4.98 Å². The Morgan fingerprint density at radius 2 is 1.81 bits per heavy atom. The number of benzene rings is 2. The van der Waals surface area contributed by atoms with Gasteiger partial charge in [0.1, 0.15) is 5.82 Å². The first kappa shape index (κ1) is 18.0. The van der Waals surface area contributed by atoms with Crippen molar-refractivity contribution in [2.24, 2.45) is 0 Å². The lowest BCUT2D eigenvalue weighted by atomic mass is 10.1. The number of H-pyrrole nitrogens is 1. The fraction of sp³-hybridized carbons (Fsp3) is 0.211. The molecule has 1 aromatic heterocycles. The predicted octanol–water partition coefficient (Wildman–Crippen LogP) is 2.66. The summed E-state index contributed by atoms with van der Waals surface area (Å²) in [6, 6.07) is 13.6. The Hall–Kier alpha value is -2.80. The zero-order valence-electron chi connectivity index (χ0n) is 14.6. The van der Waals surface area contributed by atoms with Crippen LogP contribution in [0.4, 0.5) is 0 Å². The standard InChI is InChI=1S/C19H20N4O2S/c1-12-7-8-14(9-13(12)2)26-11-19(25)23-22-18(24)10-17-20-15-5-3-4-6-16(15)21-17/h3-9H,10-11H2,1-2H3,(H,20,21)(H,22,24)(H,23,25). The lowest BCUT2D eigenvalue weighted by Crippen LogP contribution is -2.43.